The van der Waals surface area contributed by atoms with E-state index >= 15 is 0 Å². The number of nitrogens with zero attached hydrogens (tertiary/aromatic N) is 5. The van der Waals surface area contributed by atoms with Gasteiger partial charge in [0, 0.05) is 42.7 Å². The van der Waals surface area contributed by atoms with Gasteiger partial charge in [0.15, 0.2) is 10.8 Å². The summed E-state index contributed by atoms with van der Waals surface area (Å²) in [5.41, 5.74) is 9.15. The summed E-state index contributed by atoms with van der Waals surface area (Å²) in [4.78, 5) is 25.4. The Morgan fingerprint density at radius 3 is 3.06 bits per heavy atom. The number of imidazole rings is 1. The van der Waals surface area contributed by atoms with E-state index < -0.39 is 0 Å². The molecule has 9 heteroatoms. The Bertz CT molecular complexity index is 1600. The number of para-hydroxylation sites is 1. The molecule has 1 atom stereocenters. The summed E-state index contributed by atoms with van der Waals surface area (Å²) < 4.78 is 9.91. The second-order valence-electron chi connectivity index (χ2n) is 9.04. The molecule has 6 rings (SSSR count). The van der Waals surface area contributed by atoms with Crippen molar-refractivity contribution in [1.29, 1.82) is 0 Å². The van der Waals surface area contributed by atoms with Crippen molar-refractivity contribution >= 4 is 39.5 Å². The van der Waals surface area contributed by atoms with Crippen LogP contribution in [0.15, 0.2) is 51.7 Å². The van der Waals surface area contributed by atoms with Crippen molar-refractivity contribution in [3.05, 3.63) is 63.4 Å². The normalized spacial score (nSPS) is 16.6. The van der Waals surface area contributed by atoms with Gasteiger partial charge in [0.05, 0.1) is 18.6 Å². The molecule has 0 spiro atoms. The minimum absolute atomic E-state index is 0.0987. The summed E-state index contributed by atoms with van der Waals surface area (Å²) in [6.45, 7) is 4.15. The molecule has 1 fully saturated rings. The van der Waals surface area contributed by atoms with Crippen LogP contribution in [0, 0.1) is 11.8 Å². The number of hydrogen-bond donors (Lipinski definition) is 1. The Morgan fingerprint density at radius 2 is 2.19 bits per heavy atom. The quantitative estimate of drug-likeness (QED) is 0.377. The van der Waals surface area contributed by atoms with Crippen LogP contribution in [0.25, 0.3) is 11.0 Å². The molecular formula is C27H26N6O2S. The molecule has 1 unspecified atom stereocenters. The monoisotopic (exact) mass is 498 g/mol. The number of benzene rings is 1. The zero-order valence-corrected chi connectivity index (χ0v) is 20.8. The highest BCUT2D eigenvalue weighted by atomic mass is 32.1. The van der Waals surface area contributed by atoms with E-state index in [2.05, 4.69) is 21.7 Å². The predicted molar refractivity (Wildman–Crippen MR) is 144 cm³/mol. The van der Waals surface area contributed by atoms with Crippen molar-refractivity contribution in [2.24, 2.45) is 10.7 Å². The molecule has 0 aliphatic carbocycles. The van der Waals surface area contributed by atoms with E-state index in [1.54, 1.807) is 17.7 Å². The summed E-state index contributed by atoms with van der Waals surface area (Å²) in [6.07, 6.45) is 5.63. The molecule has 1 saturated heterocycles. The Labute approximate surface area is 212 Å². The number of ether oxygens (including phenoxy) is 1. The number of hydrogen-bond acceptors (Lipinski definition) is 7. The minimum atomic E-state index is -0.110. The standard InChI is InChI=1S/C27H26N6O2S/c1-2-3-12-33-23-21(30-27(33)32-11-5-8-20(28)17-32)9-13-31(26(23)34)16-19-7-4-6-18-15-29-25-22(10-14-36-25)35-24(18)19/h4,6-7,9-10,13-15,20H,5,8,11-12,16-17,28H2,1H3. The van der Waals surface area contributed by atoms with Crippen LogP contribution in [0.1, 0.15) is 30.9 Å². The van der Waals surface area contributed by atoms with Crippen molar-refractivity contribution in [3.8, 4) is 23.3 Å². The first-order valence-electron chi connectivity index (χ1n) is 12.0. The molecular weight excluding hydrogens is 472 g/mol. The second kappa shape index (κ2) is 9.30. The lowest BCUT2D eigenvalue weighted by Crippen LogP contribution is -2.44. The van der Waals surface area contributed by atoms with E-state index in [0.717, 1.165) is 59.5 Å². The molecule has 5 heterocycles. The Kier molecular flexibility index (Phi) is 5.83. The van der Waals surface area contributed by atoms with E-state index in [0.29, 0.717) is 24.1 Å². The molecule has 182 valence electrons. The molecule has 2 aliphatic rings. The van der Waals surface area contributed by atoms with Gasteiger partial charge in [-0.15, -0.1) is 17.3 Å². The smallest absolute Gasteiger partial charge is 0.277 e. The molecule has 0 bridgehead atoms. The van der Waals surface area contributed by atoms with Gasteiger partial charge in [-0.2, -0.15) is 0 Å². The van der Waals surface area contributed by atoms with Gasteiger partial charge in [0.2, 0.25) is 5.95 Å². The van der Waals surface area contributed by atoms with Gasteiger partial charge in [0.1, 0.15) is 11.3 Å². The molecule has 0 radical (unpaired) electrons. The highest BCUT2D eigenvalue weighted by Gasteiger charge is 2.24. The molecule has 4 aromatic rings. The minimum Gasteiger partial charge on any atom is -0.453 e. The zero-order chi connectivity index (χ0) is 24.6. The average Bonchev–Trinajstić information content (AvgIpc) is 3.44. The van der Waals surface area contributed by atoms with Crippen LogP contribution in [0.4, 0.5) is 10.9 Å². The highest BCUT2D eigenvalue weighted by Crippen LogP contribution is 2.41. The first-order valence-corrected chi connectivity index (χ1v) is 12.9. The van der Waals surface area contributed by atoms with Crippen molar-refractivity contribution in [2.75, 3.05) is 18.0 Å². The summed E-state index contributed by atoms with van der Waals surface area (Å²) in [5.74, 6) is 8.28. The zero-order valence-electron chi connectivity index (χ0n) is 20.0. The molecule has 1 aromatic carbocycles. The lowest BCUT2D eigenvalue weighted by Gasteiger charge is -2.31. The SMILES string of the molecule is CC#CCn1c(N2CCCC(N)C2)nc2ccn(Cc3cccc4c3Oc3ccsc3N=C4)c(=O)c21. The van der Waals surface area contributed by atoms with Crippen molar-refractivity contribution in [2.45, 2.75) is 38.9 Å². The fourth-order valence-electron chi connectivity index (χ4n) is 4.87. The molecule has 8 nitrogen and oxygen atoms in total. The lowest BCUT2D eigenvalue weighted by atomic mass is 10.1. The van der Waals surface area contributed by atoms with Crippen molar-refractivity contribution < 1.29 is 4.74 Å². The van der Waals surface area contributed by atoms with Gasteiger partial charge >= 0.3 is 0 Å². The number of fused-ring (bicyclic) bond motifs is 3. The third-order valence-corrected chi connectivity index (χ3v) is 7.42. The summed E-state index contributed by atoms with van der Waals surface area (Å²) >= 11 is 1.53. The number of rotatable bonds is 4. The number of nitrogens with two attached hydrogens (primary N) is 1. The Morgan fingerprint density at radius 1 is 1.28 bits per heavy atom. The van der Waals surface area contributed by atoms with Crippen LogP contribution in [0.5, 0.6) is 11.5 Å². The third-order valence-electron chi connectivity index (χ3n) is 6.62. The molecule has 36 heavy (non-hydrogen) atoms. The highest BCUT2D eigenvalue weighted by molar-refractivity contribution is 7.14. The molecule has 0 amide bonds. The van der Waals surface area contributed by atoms with E-state index in [4.69, 9.17) is 15.5 Å². The van der Waals surface area contributed by atoms with Crippen molar-refractivity contribution in [1.82, 2.24) is 14.1 Å². The maximum absolute atomic E-state index is 13.8. The number of aliphatic imine (C=N–C) groups is 1. The number of aromatic nitrogens is 3. The van der Waals surface area contributed by atoms with Gasteiger partial charge in [0.25, 0.3) is 5.56 Å². The first kappa shape index (κ1) is 22.6. The number of piperidine rings is 1. The predicted octanol–water partition coefficient (Wildman–Crippen LogP) is 4.11. The molecule has 2 aliphatic heterocycles. The molecule has 0 saturated carbocycles. The fourth-order valence-corrected chi connectivity index (χ4v) is 5.53. The van der Waals surface area contributed by atoms with Gasteiger partial charge in [-0.05, 0) is 43.3 Å². The van der Waals surface area contributed by atoms with Crippen LogP contribution in [-0.4, -0.2) is 39.5 Å². The lowest BCUT2D eigenvalue weighted by molar-refractivity contribution is 0.477. The second-order valence-corrected chi connectivity index (χ2v) is 9.94. The Balaban J connectivity index is 1.42. The van der Waals surface area contributed by atoms with Crippen LogP contribution >= 0.6 is 11.3 Å². The first-order chi connectivity index (χ1) is 17.6. The summed E-state index contributed by atoms with van der Waals surface area (Å²) in [7, 11) is 0. The van der Waals surface area contributed by atoms with Crippen LogP contribution < -0.4 is 20.9 Å². The number of pyridine rings is 1. The maximum Gasteiger partial charge on any atom is 0.277 e. The van der Waals surface area contributed by atoms with E-state index in [9.17, 15) is 4.79 Å². The van der Waals surface area contributed by atoms with Gasteiger partial charge in [-0.25, -0.2) is 9.98 Å². The van der Waals surface area contributed by atoms with E-state index in [1.807, 2.05) is 46.5 Å². The average molecular weight is 499 g/mol. The Hall–Kier alpha value is -3.87. The summed E-state index contributed by atoms with van der Waals surface area (Å²) in [6, 6.07) is 9.84. The van der Waals surface area contributed by atoms with Crippen molar-refractivity contribution in [3.63, 3.8) is 0 Å². The van der Waals surface area contributed by atoms with Crippen LogP contribution in [0.2, 0.25) is 0 Å². The number of thiophene rings is 1. The topological polar surface area (TPSA) is 90.7 Å². The van der Waals surface area contributed by atoms with E-state index in [1.165, 1.54) is 11.3 Å². The van der Waals surface area contributed by atoms with Gasteiger partial charge in [-0.3, -0.25) is 9.36 Å². The largest absolute Gasteiger partial charge is 0.453 e. The van der Waals surface area contributed by atoms with Crippen LogP contribution in [0.3, 0.4) is 0 Å². The molecule has 2 N–H and O–H groups in total. The molecule has 3 aromatic heterocycles. The maximum atomic E-state index is 13.8. The van der Waals surface area contributed by atoms with Gasteiger partial charge in [-0.1, -0.05) is 18.1 Å². The van der Waals surface area contributed by atoms with Crippen LogP contribution in [-0.2, 0) is 13.1 Å². The fraction of sp³-hybridized carbons (Fsp3) is 0.296. The number of anilines is 1. The van der Waals surface area contributed by atoms with E-state index in [-0.39, 0.29) is 11.6 Å². The summed E-state index contributed by atoms with van der Waals surface area (Å²) in [5, 5.41) is 2.79. The third kappa shape index (κ3) is 3.98. The van der Waals surface area contributed by atoms with Gasteiger partial charge < -0.3 is 19.9 Å².